The van der Waals surface area contributed by atoms with E-state index in [0.717, 1.165) is 23.0 Å². The van der Waals surface area contributed by atoms with Gasteiger partial charge in [0.2, 0.25) is 0 Å². The smallest absolute Gasteiger partial charge is 0.184 e. The van der Waals surface area contributed by atoms with Crippen molar-refractivity contribution in [3.05, 3.63) is 30.1 Å². The van der Waals surface area contributed by atoms with E-state index in [4.69, 9.17) is 4.74 Å². The van der Waals surface area contributed by atoms with Crippen LogP contribution in [0.4, 0.5) is 0 Å². The summed E-state index contributed by atoms with van der Waals surface area (Å²) >= 11 is 0. The number of aromatic nitrogens is 3. The Balaban J connectivity index is 1.89. The maximum Gasteiger partial charge on any atom is 0.184 e. The van der Waals surface area contributed by atoms with Crippen molar-refractivity contribution in [3.63, 3.8) is 0 Å². The molecule has 1 N–H and O–H groups in total. The Morgan fingerprint density at radius 3 is 2.84 bits per heavy atom. The van der Waals surface area contributed by atoms with Gasteiger partial charge in [0.25, 0.3) is 0 Å². The summed E-state index contributed by atoms with van der Waals surface area (Å²) in [4.78, 5) is 4.66. The summed E-state index contributed by atoms with van der Waals surface area (Å²) in [5.41, 5.74) is 0.963. The zero-order valence-electron chi connectivity index (χ0n) is 11.2. The number of rotatable bonds is 4. The highest BCUT2D eigenvalue weighted by Gasteiger charge is 2.21. The molecule has 0 saturated heterocycles. The first-order valence-corrected chi connectivity index (χ1v) is 7.03. The predicted octanol–water partition coefficient (Wildman–Crippen LogP) is 3.53. The average molecular weight is 257 g/mol. The lowest BCUT2D eigenvalue weighted by Crippen LogP contribution is -1.96. The van der Waals surface area contributed by atoms with Crippen LogP contribution in [-0.2, 0) is 0 Å². The molecular formula is C15H19N3O. The molecule has 0 amide bonds. The highest BCUT2D eigenvalue weighted by atomic mass is 16.5. The Morgan fingerprint density at radius 1 is 1.26 bits per heavy atom. The molecule has 1 saturated carbocycles. The molecule has 3 rings (SSSR count). The number of aromatic amines is 1. The number of H-pyrrole nitrogens is 1. The van der Waals surface area contributed by atoms with Gasteiger partial charge in [-0.3, -0.25) is 5.10 Å². The summed E-state index contributed by atoms with van der Waals surface area (Å²) in [7, 11) is 0. The van der Waals surface area contributed by atoms with E-state index in [1.807, 2.05) is 31.2 Å². The molecule has 0 unspecified atom stereocenters. The SMILES string of the molecule is CCOc1ccccc1-c1n[nH]c(C2CCCC2)n1. The molecule has 2 aromatic rings. The van der Waals surface area contributed by atoms with Gasteiger partial charge in [-0.2, -0.15) is 5.10 Å². The van der Waals surface area contributed by atoms with Crippen LogP contribution >= 0.6 is 0 Å². The van der Waals surface area contributed by atoms with Crippen molar-refractivity contribution < 1.29 is 4.74 Å². The molecule has 0 bridgehead atoms. The van der Waals surface area contributed by atoms with Gasteiger partial charge in [-0.05, 0) is 31.9 Å². The van der Waals surface area contributed by atoms with Gasteiger partial charge in [0, 0.05) is 5.92 Å². The van der Waals surface area contributed by atoms with E-state index in [9.17, 15) is 0 Å². The minimum atomic E-state index is 0.556. The summed E-state index contributed by atoms with van der Waals surface area (Å²) in [5.74, 6) is 3.17. The van der Waals surface area contributed by atoms with Crippen LogP contribution in [0.15, 0.2) is 24.3 Å². The summed E-state index contributed by atoms with van der Waals surface area (Å²) in [6.07, 6.45) is 5.05. The quantitative estimate of drug-likeness (QED) is 0.911. The first kappa shape index (κ1) is 12.2. The standard InChI is InChI=1S/C15H19N3O/c1-2-19-13-10-6-5-9-12(13)15-16-14(17-18-15)11-7-3-4-8-11/h5-6,9-11H,2-4,7-8H2,1H3,(H,16,17,18). The van der Waals surface area contributed by atoms with E-state index in [2.05, 4.69) is 15.2 Å². The van der Waals surface area contributed by atoms with Crippen LogP contribution in [-0.4, -0.2) is 21.8 Å². The Morgan fingerprint density at radius 2 is 2.05 bits per heavy atom. The van der Waals surface area contributed by atoms with Crippen LogP contribution in [0.3, 0.4) is 0 Å². The zero-order chi connectivity index (χ0) is 13.1. The van der Waals surface area contributed by atoms with Crippen molar-refractivity contribution in [1.82, 2.24) is 15.2 Å². The Bertz CT molecular complexity index is 544. The third-order valence-corrected chi connectivity index (χ3v) is 3.67. The van der Waals surface area contributed by atoms with E-state index in [1.54, 1.807) is 0 Å². The molecule has 1 aliphatic rings. The lowest BCUT2D eigenvalue weighted by atomic mass is 10.1. The fraction of sp³-hybridized carbons (Fsp3) is 0.467. The molecule has 4 heteroatoms. The van der Waals surface area contributed by atoms with Gasteiger partial charge < -0.3 is 4.74 Å². The third kappa shape index (κ3) is 2.48. The summed E-state index contributed by atoms with van der Waals surface area (Å²) in [6, 6.07) is 7.93. The largest absolute Gasteiger partial charge is 0.493 e. The predicted molar refractivity (Wildman–Crippen MR) is 74.2 cm³/mol. The van der Waals surface area contributed by atoms with Crippen LogP contribution in [0.2, 0.25) is 0 Å². The topological polar surface area (TPSA) is 50.8 Å². The van der Waals surface area contributed by atoms with Gasteiger partial charge in [0.05, 0.1) is 12.2 Å². The van der Waals surface area contributed by atoms with Crippen molar-refractivity contribution in [1.29, 1.82) is 0 Å². The molecule has 0 aliphatic heterocycles. The summed E-state index contributed by atoms with van der Waals surface area (Å²) in [6.45, 7) is 2.63. The van der Waals surface area contributed by atoms with Gasteiger partial charge in [-0.15, -0.1) is 0 Å². The maximum absolute atomic E-state index is 5.63. The van der Waals surface area contributed by atoms with E-state index >= 15 is 0 Å². The van der Waals surface area contributed by atoms with Crippen LogP contribution < -0.4 is 4.74 Å². The van der Waals surface area contributed by atoms with E-state index in [-0.39, 0.29) is 0 Å². The zero-order valence-corrected chi connectivity index (χ0v) is 11.2. The Hall–Kier alpha value is -1.84. The molecule has 100 valence electrons. The Labute approximate surface area is 113 Å². The highest BCUT2D eigenvalue weighted by molar-refractivity contribution is 5.63. The number of ether oxygens (including phenoxy) is 1. The van der Waals surface area contributed by atoms with Crippen LogP contribution in [0, 0.1) is 0 Å². The van der Waals surface area contributed by atoms with Gasteiger partial charge >= 0.3 is 0 Å². The average Bonchev–Trinajstić information content (AvgIpc) is 3.11. The molecule has 0 radical (unpaired) electrons. The van der Waals surface area contributed by atoms with Gasteiger partial charge in [-0.1, -0.05) is 25.0 Å². The van der Waals surface area contributed by atoms with Gasteiger partial charge in [0.15, 0.2) is 5.82 Å². The van der Waals surface area contributed by atoms with Gasteiger partial charge in [0.1, 0.15) is 11.6 Å². The third-order valence-electron chi connectivity index (χ3n) is 3.67. The molecule has 4 nitrogen and oxygen atoms in total. The number of benzene rings is 1. The Kier molecular flexibility index (Phi) is 3.49. The first-order valence-electron chi connectivity index (χ1n) is 7.03. The molecule has 1 aliphatic carbocycles. The summed E-state index contributed by atoms with van der Waals surface area (Å²) < 4.78 is 5.63. The molecule has 1 aromatic heterocycles. The lowest BCUT2D eigenvalue weighted by Gasteiger charge is -2.06. The number of para-hydroxylation sites is 1. The minimum absolute atomic E-state index is 0.556. The van der Waals surface area contributed by atoms with Crippen LogP contribution in [0.1, 0.15) is 44.3 Å². The summed E-state index contributed by atoms with van der Waals surface area (Å²) in [5, 5.41) is 7.46. The molecule has 0 spiro atoms. The monoisotopic (exact) mass is 257 g/mol. The first-order chi connectivity index (χ1) is 9.38. The van der Waals surface area contributed by atoms with E-state index in [1.165, 1.54) is 25.7 Å². The van der Waals surface area contributed by atoms with Crippen molar-refractivity contribution in [2.45, 2.75) is 38.5 Å². The van der Waals surface area contributed by atoms with Crippen molar-refractivity contribution in [2.24, 2.45) is 0 Å². The molecule has 19 heavy (non-hydrogen) atoms. The van der Waals surface area contributed by atoms with E-state index in [0.29, 0.717) is 12.5 Å². The van der Waals surface area contributed by atoms with Crippen molar-refractivity contribution in [2.75, 3.05) is 6.61 Å². The van der Waals surface area contributed by atoms with Crippen molar-refractivity contribution >= 4 is 0 Å². The van der Waals surface area contributed by atoms with Crippen LogP contribution in [0.5, 0.6) is 5.75 Å². The van der Waals surface area contributed by atoms with Crippen molar-refractivity contribution in [3.8, 4) is 17.1 Å². The highest BCUT2D eigenvalue weighted by Crippen LogP contribution is 2.34. The van der Waals surface area contributed by atoms with Gasteiger partial charge in [-0.25, -0.2) is 4.98 Å². The number of nitrogens with zero attached hydrogens (tertiary/aromatic N) is 2. The number of hydrogen-bond acceptors (Lipinski definition) is 3. The fourth-order valence-electron chi connectivity index (χ4n) is 2.71. The molecule has 1 fully saturated rings. The second-order valence-corrected chi connectivity index (χ2v) is 4.95. The van der Waals surface area contributed by atoms with Crippen LogP contribution in [0.25, 0.3) is 11.4 Å². The number of nitrogens with one attached hydrogen (secondary N) is 1. The van der Waals surface area contributed by atoms with E-state index < -0.39 is 0 Å². The maximum atomic E-state index is 5.63. The molecule has 1 aromatic carbocycles. The number of hydrogen-bond donors (Lipinski definition) is 1. The fourth-order valence-corrected chi connectivity index (χ4v) is 2.71. The normalized spacial score (nSPS) is 15.8. The second-order valence-electron chi connectivity index (χ2n) is 4.95. The second kappa shape index (κ2) is 5.43. The molecule has 0 atom stereocenters. The molecular weight excluding hydrogens is 238 g/mol. The molecule has 1 heterocycles. The minimum Gasteiger partial charge on any atom is -0.493 e. The lowest BCUT2D eigenvalue weighted by molar-refractivity contribution is 0.341.